The number of imidazole rings is 1. The van der Waals surface area contributed by atoms with E-state index in [1.54, 1.807) is 43.7 Å². The normalized spacial score (nSPS) is 16.3. The predicted molar refractivity (Wildman–Crippen MR) is 153 cm³/mol. The predicted octanol–water partition coefficient (Wildman–Crippen LogP) is 5.84. The van der Waals surface area contributed by atoms with Crippen molar-refractivity contribution >= 4 is 47.4 Å². The summed E-state index contributed by atoms with van der Waals surface area (Å²) in [5.41, 5.74) is -0.0000723. The van der Waals surface area contributed by atoms with Gasteiger partial charge in [0.15, 0.2) is 0 Å². The fourth-order valence-corrected chi connectivity index (χ4v) is 5.26. The zero-order valence-corrected chi connectivity index (χ0v) is 25.7. The Morgan fingerprint density at radius 2 is 2.00 bits per heavy atom. The molecule has 1 aliphatic heterocycles. The summed E-state index contributed by atoms with van der Waals surface area (Å²) in [5, 5.41) is 5.72. The third-order valence-corrected chi connectivity index (χ3v) is 7.96. The first-order valence-corrected chi connectivity index (χ1v) is 17.4. The highest BCUT2D eigenvalue weighted by atomic mass is 79.9. The first-order valence-electron chi connectivity index (χ1n) is 12.9. The molecular formula is C26H39BrFN5O4Si. The first kappa shape index (κ1) is 30.1. The third-order valence-electron chi connectivity index (χ3n) is 5.87. The van der Waals surface area contributed by atoms with E-state index in [1.807, 2.05) is 4.90 Å². The Kier molecular flexibility index (Phi) is 9.99. The highest BCUT2D eigenvalue weighted by molar-refractivity contribution is 9.10. The molecule has 9 nitrogen and oxygen atoms in total. The molecule has 2 N–H and O–H groups in total. The Bertz CT molecular complexity index is 1130. The van der Waals surface area contributed by atoms with E-state index in [9.17, 15) is 9.59 Å². The molecule has 1 atom stereocenters. The van der Waals surface area contributed by atoms with Crippen LogP contribution in [-0.2, 0) is 16.2 Å². The van der Waals surface area contributed by atoms with Crippen LogP contribution in [0.15, 0.2) is 29.0 Å². The minimum Gasteiger partial charge on any atom is -0.444 e. The second-order valence-electron chi connectivity index (χ2n) is 11.7. The lowest BCUT2D eigenvalue weighted by Crippen LogP contribution is -2.49. The minimum absolute atomic E-state index is 0.156. The van der Waals surface area contributed by atoms with Gasteiger partial charge in [0.2, 0.25) is 5.82 Å². The number of nitrogens with zero attached hydrogens (tertiary/aromatic N) is 3. The van der Waals surface area contributed by atoms with Crippen molar-refractivity contribution in [3.8, 4) is 0 Å². The molecule has 38 heavy (non-hydrogen) atoms. The van der Waals surface area contributed by atoms with Gasteiger partial charge in [-0.05, 0) is 67.7 Å². The second-order valence-corrected chi connectivity index (χ2v) is 18.2. The topological polar surface area (TPSA) is 97.7 Å². The largest absolute Gasteiger partial charge is 0.444 e. The number of carbonyl (C=O) groups is 2. The highest BCUT2D eigenvalue weighted by Gasteiger charge is 2.28. The van der Waals surface area contributed by atoms with Gasteiger partial charge in [-0.25, -0.2) is 14.2 Å². The highest BCUT2D eigenvalue weighted by Crippen LogP contribution is 2.32. The van der Waals surface area contributed by atoms with Crippen molar-refractivity contribution < 1.29 is 23.5 Å². The number of benzene rings is 1. The molecule has 0 bridgehead atoms. The van der Waals surface area contributed by atoms with Crippen LogP contribution in [0.3, 0.4) is 0 Å². The molecule has 1 saturated heterocycles. The van der Waals surface area contributed by atoms with Gasteiger partial charge in [0, 0.05) is 40.0 Å². The Morgan fingerprint density at radius 1 is 1.26 bits per heavy atom. The van der Waals surface area contributed by atoms with Gasteiger partial charge in [0.05, 0.1) is 11.4 Å². The van der Waals surface area contributed by atoms with Crippen LogP contribution in [0, 0.1) is 5.82 Å². The summed E-state index contributed by atoms with van der Waals surface area (Å²) < 4.78 is 28.4. The van der Waals surface area contributed by atoms with E-state index >= 15 is 4.39 Å². The summed E-state index contributed by atoms with van der Waals surface area (Å²) in [6.45, 7) is 14.0. The number of halogens is 2. The van der Waals surface area contributed by atoms with E-state index in [1.165, 1.54) is 6.07 Å². The summed E-state index contributed by atoms with van der Waals surface area (Å²) in [4.78, 5) is 31.7. The van der Waals surface area contributed by atoms with E-state index in [-0.39, 0.29) is 24.3 Å². The van der Waals surface area contributed by atoms with Gasteiger partial charge < -0.3 is 29.6 Å². The van der Waals surface area contributed by atoms with Crippen molar-refractivity contribution in [2.24, 2.45) is 0 Å². The van der Waals surface area contributed by atoms with Gasteiger partial charge in [-0.1, -0.05) is 25.7 Å². The van der Waals surface area contributed by atoms with Gasteiger partial charge in [0.1, 0.15) is 22.8 Å². The Balaban J connectivity index is 1.72. The lowest BCUT2D eigenvalue weighted by molar-refractivity contribution is 0.0500. The molecule has 0 saturated carbocycles. The Labute approximate surface area is 233 Å². The van der Waals surface area contributed by atoms with Crippen molar-refractivity contribution in [1.29, 1.82) is 0 Å². The van der Waals surface area contributed by atoms with Crippen LogP contribution in [0.5, 0.6) is 0 Å². The molecule has 12 heteroatoms. The van der Waals surface area contributed by atoms with Gasteiger partial charge in [0.25, 0.3) is 5.91 Å². The number of nitrogens with one attached hydrogen (secondary N) is 2. The van der Waals surface area contributed by atoms with E-state index in [0.29, 0.717) is 30.0 Å². The van der Waals surface area contributed by atoms with Crippen molar-refractivity contribution in [1.82, 2.24) is 14.9 Å². The van der Waals surface area contributed by atoms with Gasteiger partial charge >= 0.3 is 6.09 Å². The molecule has 1 aromatic heterocycles. The van der Waals surface area contributed by atoms with Crippen molar-refractivity contribution in [2.75, 3.05) is 29.9 Å². The number of carbonyl (C=O) groups excluding carboxylic acids is 2. The Hall–Kier alpha value is -2.44. The monoisotopic (exact) mass is 611 g/mol. The van der Waals surface area contributed by atoms with Crippen LogP contribution in [0.4, 0.5) is 20.6 Å². The molecule has 2 heterocycles. The summed E-state index contributed by atoms with van der Waals surface area (Å²) >= 11 is 3.34. The van der Waals surface area contributed by atoms with Crippen LogP contribution in [0.25, 0.3) is 0 Å². The summed E-state index contributed by atoms with van der Waals surface area (Å²) in [5.74, 6) is -0.778. The third kappa shape index (κ3) is 9.09. The maximum absolute atomic E-state index is 15.1. The lowest BCUT2D eigenvalue weighted by atomic mass is 10.0. The molecule has 1 aromatic carbocycles. The number of anilines is 2. The molecular weight excluding hydrogens is 573 g/mol. The van der Waals surface area contributed by atoms with Crippen molar-refractivity contribution in [3.63, 3.8) is 0 Å². The number of aromatic nitrogens is 2. The smallest absolute Gasteiger partial charge is 0.407 e. The molecule has 3 rings (SSSR count). The molecule has 2 aromatic rings. The number of hydrogen-bond donors (Lipinski definition) is 2. The number of hydrogen-bond acceptors (Lipinski definition) is 6. The fourth-order valence-electron chi connectivity index (χ4n) is 4.09. The van der Waals surface area contributed by atoms with Crippen molar-refractivity contribution in [3.05, 3.63) is 40.6 Å². The average molecular weight is 613 g/mol. The van der Waals surface area contributed by atoms with Crippen LogP contribution in [-0.4, -0.2) is 61.0 Å². The maximum Gasteiger partial charge on any atom is 0.407 e. The van der Waals surface area contributed by atoms with E-state index in [0.717, 1.165) is 18.9 Å². The van der Waals surface area contributed by atoms with E-state index < -0.39 is 31.5 Å². The molecule has 2 amide bonds. The van der Waals surface area contributed by atoms with Crippen LogP contribution < -0.4 is 15.5 Å². The average Bonchev–Trinajstić information content (AvgIpc) is 3.15. The standard InChI is InChI=1S/C26H39BrFN5O4Si/c1-26(2,3)37-25(35)29-18-9-8-12-32(15-18)22-19(28)10-7-11-20(22)30-24(34)23-31-21(27)16-33(23)17-36-13-14-38(4,5)6/h7,10-11,16,18H,8-9,12-15,17H2,1-6H3,(H,29,35)(H,30,34). The van der Waals surface area contributed by atoms with Crippen LogP contribution in [0.1, 0.15) is 44.2 Å². The van der Waals surface area contributed by atoms with E-state index in [4.69, 9.17) is 9.47 Å². The molecule has 1 unspecified atom stereocenters. The fraction of sp³-hybridized carbons (Fsp3) is 0.577. The van der Waals surface area contributed by atoms with Crippen LogP contribution >= 0.6 is 15.9 Å². The summed E-state index contributed by atoms with van der Waals surface area (Å²) in [6.07, 6.45) is 2.67. The summed E-state index contributed by atoms with van der Waals surface area (Å²) in [6, 6.07) is 5.37. The van der Waals surface area contributed by atoms with Gasteiger partial charge in [-0.2, -0.15) is 0 Å². The molecule has 0 spiro atoms. The summed E-state index contributed by atoms with van der Waals surface area (Å²) in [7, 11) is -1.24. The Morgan fingerprint density at radius 3 is 2.68 bits per heavy atom. The molecule has 1 fully saturated rings. The number of ether oxygens (including phenoxy) is 2. The van der Waals surface area contributed by atoms with Gasteiger partial charge in [-0.3, -0.25) is 4.79 Å². The number of rotatable bonds is 9. The minimum atomic E-state index is -1.24. The van der Waals surface area contributed by atoms with E-state index in [2.05, 4.69) is 51.2 Å². The molecule has 210 valence electrons. The zero-order chi connectivity index (χ0) is 28.1. The lowest BCUT2D eigenvalue weighted by Gasteiger charge is -2.36. The van der Waals surface area contributed by atoms with Crippen LogP contribution in [0.2, 0.25) is 25.7 Å². The number of alkyl carbamates (subject to hydrolysis) is 1. The second kappa shape index (κ2) is 12.6. The quantitative estimate of drug-likeness (QED) is 0.273. The zero-order valence-electron chi connectivity index (χ0n) is 23.1. The number of piperidine rings is 1. The molecule has 1 aliphatic rings. The number of para-hydroxylation sites is 1. The van der Waals surface area contributed by atoms with Gasteiger partial charge in [-0.15, -0.1) is 0 Å². The maximum atomic E-state index is 15.1. The SMILES string of the molecule is CC(C)(C)OC(=O)NC1CCCN(c2c(F)cccc2NC(=O)c2nc(Br)cn2COCC[Si](C)(C)C)C1. The number of amides is 2. The van der Waals surface area contributed by atoms with Crippen molar-refractivity contribution in [2.45, 2.75) is 77.7 Å². The molecule has 0 aliphatic carbocycles. The molecule has 0 radical (unpaired) electrons. The first-order chi connectivity index (χ1) is 17.7.